The van der Waals surface area contributed by atoms with Gasteiger partial charge >= 0.3 is 6.09 Å². The zero-order valence-corrected chi connectivity index (χ0v) is 20.4. The molecule has 1 fully saturated rings. The van der Waals surface area contributed by atoms with Gasteiger partial charge in [-0.25, -0.2) is 18.5 Å². The third kappa shape index (κ3) is 5.46. The summed E-state index contributed by atoms with van der Waals surface area (Å²) in [5.74, 6) is 0.723. The van der Waals surface area contributed by atoms with Crippen LogP contribution in [0.15, 0.2) is 52.0 Å². The van der Waals surface area contributed by atoms with Gasteiger partial charge in [0.05, 0.1) is 28.5 Å². The third-order valence-corrected chi connectivity index (χ3v) is 7.42. The van der Waals surface area contributed by atoms with Crippen molar-refractivity contribution in [2.45, 2.75) is 11.3 Å². The number of benzene rings is 2. The molecule has 1 atom stereocenters. The normalized spacial score (nSPS) is 16.3. The second-order valence-electron chi connectivity index (χ2n) is 7.43. The number of H-pyrrole nitrogens is 1. The fourth-order valence-corrected chi connectivity index (χ4v) is 5.05. The number of hydrogen-bond acceptors (Lipinski definition) is 5. The number of ether oxygens (including phenoxy) is 1. The third-order valence-electron chi connectivity index (χ3n) is 5.21. The van der Waals surface area contributed by atoms with E-state index in [1.165, 1.54) is 13.2 Å². The van der Waals surface area contributed by atoms with E-state index in [1.54, 1.807) is 24.2 Å². The maximum Gasteiger partial charge on any atom is 0.406 e. The number of halogens is 3. The first-order chi connectivity index (χ1) is 15.4. The molecule has 0 aliphatic carbocycles. The summed E-state index contributed by atoms with van der Waals surface area (Å²) < 4.78 is 21.2. The molecule has 10 heteroatoms. The SMILES string of the molecule is COC(=O)NCC1CCN(Sc2cc(-c3ncc(-c4ccc(Br)c(F)c4)[nH]3)ccc2Cl)C1. The number of methoxy groups -OCH3 is 1. The van der Waals surface area contributed by atoms with Gasteiger partial charge in [0.15, 0.2) is 0 Å². The van der Waals surface area contributed by atoms with Gasteiger partial charge in [0, 0.05) is 35.7 Å². The molecule has 1 aliphatic rings. The van der Waals surface area contributed by atoms with Crippen LogP contribution in [0.5, 0.6) is 0 Å². The van der Waals surface area contributed by atoms with Gasteiger partial charge in [-0.2, -0.15) is 0 Å². The van der Waals surface area contributed by atoms with Crippen LogP contribution < -0.4 is 5.32 Å². The van der Waals surface area contributed by atoms with Crippen molar-refractivity contribution in [1.29, 1.82) is 0 Å². The monoisotopic (exact) mass is 538 g/mol. The van der Waals surface area contributed by atoms with Gasteiger partial charge < -0.3 is 15.0 Å². The van der Waals surface area contributed by atoms with E-state index in [1.807, 2.05) is 24.3 Å². The molecule has 2 aromatic carbocycles. The van der Waals surface area contributed by atoms with Gasteiger partial charge in [0.25, 0.3) is 0 Å². The predicted octanol–water partition coefficient (Wildman–Crippen LogP) is 5.98. The Bertz CT molecular complexity index is 1130. The van der Waals surface area contributed by atoms with E-state index in [9.17, 15) is 9.18 Å². The van der Waals surface area contributed by atoms with E-state index in [-0.39, 0.29) is 5.82 Å². The summed E-state index contributed by atoms with van der Waals surface area (Å²) in [7, 11) is 1.36. The molecule has 1 aliphatic heterocycles. The van der Waals surface area contributed by atoms with E-state index in [0.717, 1.165) is 41.2 Å². The van der Waals surface area contributed by atoms with Crippen LogP contribution in [-0.4, -0.2) is 47.1 Å². The van der Waals surface area contributed by atoms with Gasteiger partial charge in [0.2, 0.25) is 0 Å². The maximum absolute atomic E-state index is 13.9. The summed E-state index contributed by atoms with van der Waals surface area (Å²) >= 11 is 11.2. The van der Waals surface area contributed by atoms with Crippen molar-refractivity contribution in [3.8, 4) is 22.6 Å². The highest BCUT2D eigenvalue weighted by atomic mass is 79.9. The topological polar surface area (TPSA) is 70.2 Å². The van der Waals surface area contributed by atoms with Crippen LogP contribution in [0.3, 0.4) is 0 Å². The van der Waals surface area contributed by atoms with Crippen LogP contribution in [0.25, 0.3) is 22.6 Å². The van der Waals surface area contributed by atoms with Gasteiger partial charge in [-0.3, -0.25) is 0 Å². The number of imidazole rings is 1. The number of hydrogen-bond donors (Lipinski definition) is 2. The second kappa shape index (κ2) is 10.2. The fraction of sp³-hybridized carbons (Fsp3) is 0.273. The minimum atomic E-state index is -0.407. The number of alkyl carbamates (subject to hydrolysis) is 1. The Balaban J connectivity index is 1.45. The van der Waals surface area contributed by atoms with Crippen LogP contribution in [0, 0.1) is 11.7 Å². The molecule has 1 amide bonds. The number of carbonyl (C=O) groups excluding carboxylic acids is 1. The van der Waals surface area contributed by atoms with E-state index in [0.29, 0.717) is 27.8 Å². The van der Waals surface area contributed by atoms with Crippen LogP contribution in [-0.2, 0) is 4.74 Å². The van der Waals surface area contributed by atoms with Crippen molar-refractivity contribution in [3.05, 3.63) is 57.9 Å². The molecule has 2 N–H and O–H groups in total. The second-order valence-corrected chi connectivity index (χ2v) is 9.83. The van der Waals surface area contributed by atoms with E-state index < -0.39 is 6.09 Å². The summed E-state index contributed by atoms with van der Waals surface area (Å²) in [5.41, 5.74) is 2.34. The zero-order chi connectivity index (χ0) is 22.7. The van der Waals surface area contributed by atoms with Gasteiger partial charge in [-0.15, -0.1) is 0 Å². The average Bonchev–Trinajstić information content (AvgIpc) is 3.45. The van der Waals surface area contributed by atoms with Crippen molar-refractivity contribution in [2.75, 3.05) is 26.7 Å². The van der Waals surface area contributed by atoms with Crippen molar-refractivity contribution in [1.82, 2.24) is 19.6 Å². The molecule has 4 rings (SSSR count). The summed E-state index contributed by atoms with van der Waals surface area (Å²) in [4.78, 5) is 19.9. The highest BCUT2D eigenvalue weighted by Crippen LogP contribution is 2.36. The number of rotatable bonds is 6. The molecule has 1 aromatic heterocycles. The quantitative estimate of drug-likeness (QED) is 0.377. The van der Waals surface area contributed by atoms with Crippen molar-refractivity contribution >= 4 is 45.6 Å². The van der Waals surface area contributed by atoms with Crippen LogP contribution in [0.2, 0.25) is 5.02 Å². The molecule has 1 unspecified atom stereocenters. The van der Waals surface area contributed by atoms with E-state index in [2.05, 4.69) is 40.3 Å². The minimum absolute atomic E-state index is 0.325. The van der Waals surface area contributed by atoms with E-state index in [4.69, 9.17) is 11.6 Å². The summed E-state index contributed by atoms with van der Waals surface area (Å²) in [6, 6.07) is 10.7. The van der Waals surface area contributed by atoms with Gasteiger partial charge in [-0.05, 0) is 70.5 Å². The molecule has 0 saturated carbocycles. The first-order valence-corrected chi connectivity index (χ1v) is 11.9. The number of aromatic amines is 1. The number of nitrogens with one attached hydrogen (secondary N) is 2. The highest BCUT2D eigenvalue weighted by Gasteiger charge is 2.24. The lowest BCUT2D eigenvalue weighted by atomic mass is 10.1. The number of nitrogens with zero attached hydrogens (tertiary/aromatic N) is 2. The predicted molar refractivity (Wildman–Crippen MR) is 128 cm³/mol. The first-order valence-electron chi connectivity index (χ1n) is 9.98. The lowest BCUT2D eigenvalue weighted by molar-refractivity contribution is 0.169. The largest absolute Gasteiger partial charge is 0.453 e. The molecule has 0 spiro atoms. The fourth-order valence-electron chi connectivity index (χ4n) is 3.48. The van der Waals surface area contributed by atoms with Crippen molar-refractivity contribution in [2.24, 2.45) is 5.92 Å². The summed E-state index contributed by atoms with van der Waals surface area (Å²) in [5, 5.41) is 3.42. The smallest absolute Gasteiger partial charge is 0.406 e. The number of amides is 1. The maximum atomic E-state index is 13.9. The van der Waals surface area contributed by atoms with Crippen LogP contribution in [0.1, 0.15) is 6.42 Å². The van der Waals surface area contributed by atoms with Gasteiger partial charge in [-0.1, -0.05) is 17.7 Å². The summed E-state index contributed by atoms with van der Waals surface area (Å²) in [6.45, 7) is 2.33. The Labute approximate surface area is 203 Å². The summed E-state index contributed by atoms with van der Waals surface area (Å²) in [6.07, 6.45) is 2.27. The van der Waals surface area contributed by atoms with E-state index >= 15 is 0 Å². The van der Waals surface area contributed by atoms with Gasteiger partial charge in [0.1, 0.15) is 11.6 Å². The molecular weight excluding hydrogens is 519 g/mol. The Morgan fingerprint density at radius 2 is 2.19 bits per heavy atom. The molecular formula is C22H21BrClFN4O2S. The molecule has 1 saturated heterocycles. The van der Waals surface area contributed by atoms with Crippen LogP contribution in [0.4, 0.5) is 9.18 Å². The molecule has 0 radical (unpaired) electrons. The molecule has 3 aromatic rings. The molecule has 2 heterocycles. The number of aromatic nitrogens is 2. The Kier molecular flexibility index (Phi) is 7.40. The lowest BCUT2D eigenvalue weighted by Gasteiger charge is -2.16. The van der Waals surface area contributed by atoms with Crippen molar-refractivity contribution in [3.63, 3.8) is 0 Å². The number of carbonyl (C=O) groups is 1. The Morgan fingerprint density at radius 1 is 1.38 bits per heavy atom. The Morgan fingerprint density at radius 3 is 2.97 bits per heavy atom. The molecule has 0 bridgehead atoms. The zero-order valence-electron chi connectivity index (χ0n) is 17.2. The molecule has 168 valence electrons. The molecule has 6 nitrogen and oxygen atoms in total. The first kappa shape index (κ1) is 23.1. The average molecular weight is 540 g/mol. The van der Waals surface area contributed by atoms with Crippen LogP contribution >= 0.6 is 39.5 Å². The Hall–Kier alpha value is -2.07. The minimum Gasteiger partial charge on any atom is -0.453 e. The highest BCUT2D eigenvalue weighted by molar-refractivity contribution is 9.10. The lowest BCUT2D eigenvalue weighted by Crippen LogP contribution is -2.29. The molecule has 32 heavy (non-hydrogen) atoms. The van der Waals surface area contributed by atoms with Crippen molar-refractivity contribution < 1.29 is 13.9 Å². The standard InChI is InChI=1S/C22H21BrClFN4O2S/c1-31-22(30)27-10-13-6-7-29(12-13)32-20-9-15(3-5-17(20)24)21-26-11-19(28-21)14-2-4-16(23)18(25)8-14/h2-5,8-9,11,13H,6-7,10,12H2,1H3,(H,26,28)(H,27,30).